The summed E-state index contributed by atoms with van der Waals surface area (Å²) in [6.07, 6.45) is -0.437. The van der Waals surface area contributed by atoms with Gasteiger partial charge in [0.05, 0.1) is 25.7 Å². The number of hydrogen-bond donors (Lipinski definition) is 20. The smallest absolute Gasteiger partial charge is 0.248 e. The van der Waals surface area contributed by atoms with E-state index in [1.165, 1.54) is 123 Å². The lowest BCUT2D eigenvalue weighted by atomic mass is 9.93. The van der Waals surface area contributed by atoms with Crippen LogP contribution in [0.3, 0.4) is 0 Å². The van der Waals surface area contributed by atoms with Gasteiger partial charge in [0, 0.05) is 26.3 Å². The Morgan fingerprint density at radius 2 is 0.762 bits per heavy atom. The molecule has 22 N–H and O–H groups in total. The lowest BCUT2D eigenvalue weighted by Gasteiger charge is -2.36. The van der Waals surface area contributed by atoms with Crippen LogP contribution in [0.15, 0.2) is 0 Å². The van der Waals surface area contributed by atoms with Crippen molar-refractivity contribution in [2.24, 2.45) is 35.1 Å². The zero-order chi connectivity index (χ0) is 94.7. The molecule has 1 heterocycles. The Labute approximate surface area is 716 Å². The summed E-state index contributed by atoms with van der Waals surface area (Å²) < 4.78 is 0. The van der Waals surface area contributed by atoms with Crippen LogP contribution in [-0.4, -0.2) is 247 Å². The maximum atomic E-state index is 14.6. The molecule has 41 nitrogen and oxygen atoms in total. The van der Waals surface area contributed by atoms with Gasteiger partial charge in [-0.2, -0.15) is 0 Å². The average Bonchev–Trinajstić information content (AvgIpc) is 1.69. The van der Waals surface area contributed by atoms with E-state index in [1.807, 2.05) is 13.8 Å². The summed E-state index contributed by atoms with van der Waals surface area (Å²) in [7, 11) is 0. The van der Waals surface area contributed by atoms with Crippen molar-refractivity contribution < 1.29 is 101 Å². The van der Waals surface area contributed by atoms with E-state index in [4.69, 9.17) is 11.5 Å². The van der Waals surface area contributed by atoms with Crippen LogP contribution in [0, 0.1) is 23.7 Å². The minimum absolute atomic E-state index is 0.0131. The fourth-order valence-corrected chi connectivity index (χ4v) is 12.5. The summed E-state index contributed by atoms with van der Waals surface area (Å²) in [6, 6.07) is -9.89. The van der Waals surface area contributed by atoms with Crippen LogP contribution in [0.1, 0.15) is 251 Å². The van der Waals surface area contributed by atoms with E-state index in [0.29, 0.717) is 12.8 Å². The maximum absolute atomic E-state index is 14.6. The molecule has 0 aromatic carbocycles. The number of amides is 20. The van der Waals surface area contributed by atoms with E-state index < -0.39 is 249 Å². The number of carbonyl (C=O) groups excluding carboxylic acids is 20. The molecule has 10 atom stereocenters. The topological polar surface area (TPSA) is 621 Å². The molecule has 0 radical (unpaired) electrons. The lowest BCUT2D eigenvalue weighted by Crippen LogP contribution is -2.67. The Bertz CT molecular complexity index is 3820. The molecule has 0 aliphatic carbocycles. The van der Waals surface area contributed by atoms with E-state index in [2.05, 4.69) is 90.4 Å². The van der Waals surface area contributed by atoms with Gasteiger partial charge in [-0.3, -0.25) is 95.9 Å². The standard InChI is InChI=1S/C81H142N20O21/c1-27-80(25,71(120)90-49(31-33-54(82)104)60(109)87-48(41-102)36-42(3)4)100-70(119)78(21,22)96-63(112)52(38-44(7)8)89-64(113)53-30-29-35-101(53)73(122)79(23,24)97-62(111)51(37-43(5)6)88-57(107)40-85-67(116)75(15,16)98-65(114)58(45(9)10)92-68(117)76(17,18)95-61(110)50(32-34-55(83)105)91-72(121)81(26,28-2)99-69(118)77(19,20)94-59(108)46(11)86-56(106)39-84-66(115)74(13,14)93-47(12)103/h42-46,48-53,58,102H,27-41H2,1-26H3,(H2,82,104)(H2,83,105)(H,84,115)(H,85,116)(H,86,106)(H,87,109)(H,88,107)(H,89,113)(H,90,120)(H,91,121)(H,92,117)(H,93,103)(H,94,108)(H,95,110)(H,96,112)(H,97,111)(H,98,114)(H,99,118)(H,100,119)/t46-,48-,49-,50-,51-,52-,53-,58-,80+,81+/m0/s1. The molecule has 20 amide bonds. The largest absolute Gasteiger partial charge is 0.394 e. The molecule has 0 bridgehead atoms. The van der Waals surface area contributed by atoms with Gasteiger partial charge >= 0.3 is 0 Å². The summed E-state index contributed by atoms with van der Waals surface area (Å²) in [6.45, 7) is 37.0. The van der Waals surface area contributed by atoms with E-state index in [1.54, 1.807) is 48.5 Å². The van der Waals surface area contributed by atoms with Crippen molar-refractivity contribution in [2.75, 3.05) is 26.2 Å². The Morgan fingerprint density at radius 1 is 0.393 bits per heavy atom. The monoisotopic (exact) mass is 1730 g/mol. The molecule has 1 aliphatic heterocycles. The SMILES string of the molecule is CC[C@@](C)(NC(=O)C(C)(C)NC(=O)[C@H](C)NC(=O)CNC(=O)C(C)(C)NC(C)=O)C(=O)N[C@@H](CCC(N)=O)C(=O)NC(C)(C)C(=O)N[C@H](C(=O)NC(C)(C)C(=O)NCC(=O)N[C@@H](CC(C)C)C(=O)NC(C)(C)C(=O)N1CCC[C@H]1C(=O)N[C@@H](CC(C)C)C(=O)NC(C)(C)C(=O)N[C@](C)(CC)C(=O)N[C@@H](CCC(N)=O)C(=O)N[C@H](CO)CC(C)C)C(C)C. The fourth-order valence-electron chi connectivity index (χ4n) is 12.5. The van der Waals surface area contributed by atoms with Crippen molar-refractivity contribution in [3.63, 3.8) is 0 Å². The maximum Gasteiger partial charge on any atom is 0.248 e. The van der Waals surface area contributed by atoms with Gasteiger partial charge in [0.25, 0.3) is 0 Å². The van der Waals surface area contributed by atoms with Crippen molar-refractivity contribution in [1.29, 1.82) is 0 Å². The molecule has 1 rings (SSSR count). The molecule has 0 spiro atoms. The van der Waals surface area contributed by atoms with Gasteiger partial charge in [-0.1, -0.05) is 69.2 Å². The first-order valence-electron chi connectivity index (χ1n) is 41.4. The highest BCUT2D eigenvalue weighted by atomic mass is 16.3. The zero-order valence-electron chi connectivity index (χ0n) is 76.2. The molecule has 0 aromatic heterocycles. The van der Waals surface area contributed by atoms with Crippen molar-refractivity contribution in [3.05, 3.63) is 0 Å². The quantitative estimate of drug-likeness (QED) is 0.0287. The van der Waals surface area contributed by atoms with Gasteiger partial charge in [0.1, 0.15) is 86.6 Å². The first-order chi connectivity index (χ1) is 55.7. The second-order valence-corrected chi connectivity index (χ2v) is 36.7. The number of aliphatic hydroxyl groups excluding tert-OH is 1. The van der Waals surface area contributed by atoms with Crippen LogP contribution in [0.25, 0.3) is 0 Å². The Balaban J connectivity index is 3.24. The minimum atomic E-state index is -1.89. The number of nitrogens with one attached hydrogen (secondary N) is 17. The Kier molecular flexibility index (Phi) is 41.7. The molecule has 0 aromatic rings. The van der Waals surface area contributed by atoms with Crippen LogP contribution >= 0.6 is 0 Å². The molecule has 0 saturated carbocycles. The lowest BCUT2D eigenvalue weighted by molar-refractivity contribution is -0.145. The second kappa shape index (κ2) is 46.6. The van der Waals surface area contributed by atoms with Gasteiger partial charge < -0.3 is 112 Å². The molecular weight excluding hydrogens is 1590 g/mol. The van der Waals surface area contributed by atoms with Gasteiger partial charge in [-0.05, 0) is 185 Å². The van der Waals surface area contributed by atoms with Gasteiger partial charge in [0.2, 0.25) is 118 Å². The first-order valence-corrected chi connectivity index (χ1v) is 41.4. The molecule has 692 valence electrons. The molecule has 1 aliphatic rings. The van der Waals surface area contributed by atoms with Gasteiger partial charge in [-0.15, -0.1) is 0 Å². The highest BCUT2D eigenvalue weighted by Gasteiger charge is 2.48. The predicted octanol–water partition coefficient (Wildman–Crippen LogP) is -3.10. The minimum Gasteiger partial charge on any atom is -0.394 e. The number of carbonyl (C=O) groups is 20. The molecular formula is C81H142N20O21. The average molecular weight is 1730 g/mol. The number of nitrogens with two attached hydrogens (primary N) is 2. The molecule has 0 unspecified atom stereocenters. The van der Waals surface area contributed by atoms with Crippen molar-refractivity contribution in [3.8, 4) is 0 Å². The van der Waals surface area contributed by atoms with E-state index in [9.17, 15) is 101 Å². The van der Waals surface area contributed by atoms with E-state index in [0.717, 1.165) is 0 Å². The fraction of sp³-hybridized carbons (Fsp3) is 0.753. The van der Waals surface area contributed by atoms with E-state index >= 15 is 0 Å². The van der Waals surface area contributed by atoms with Gasteiger partial charge in [0.15, 0.2) is 0 Å². The third kappa shape index (κ3) is 35.1. The van der Waals surface area contributed by atoms with Crippen LogP contribution in [0.2, 0.25) is 0 Å². The summed E-state index contributed by atoms with van der Waals surface area (Å²) in [5.74, 6) is -17.1. The summed E-state index contributed by atoms with van der Waals surface area (Å²) in [5, 5.41) is 53.6. The van der Waals surface area contributed by atoms with Crippen molar-refractivity contribution >= 4 is 118 Å². The number of nitrogens with zero attached hydrogens (tertiary/aromatic N) is 1. The van der Waals surface area contributed by atoms with Crippen LogP contribution in [0.4, 0.5) is 0 Å². The number of primary amides is 2. The number of aliphatic hydroxyl groups is 1. The van der Waals surface area contributed by atoms with Crippen LogP contribution in [-0.2, 0) is 95.9 Å². The third-order valence-electron chi connectivity index (χ3n) is 20.5. The molecule has 122 heavy (non-hydrogen) atoms. The number of rotatable bonds is 50. The highest BCUT2D eigenvalue weighted by Crippen LogP contribution is 2.25. The predicted molar refractivity (Wildman–Crippen MR) is 450 cm³/mol. The summed E-state index contributed by atoms with van der Waals surface area (Å²) in [4.78, 5) is 272. The Hall–Kier alpha value is -10.6. The summed E-state index contributed by atoms with van der Waals surface area (Å²) in [5.41, 5.74) is -2.96. The third-order valence-corrected chi connectivity index (χ3v) is 20.5. The normalized spacial score (nSPS) is 16.0. The number of hydrogen-bond acceptors (Lipinski definition) is 21. The molecule has 41 heteroatoms. The zero-order valence-corrected chi connectivity index (χ0v) is 76.2. The van der Waals surface area contributed by atoms with Gasteiger partial charge in [-0.25, -0.2) is 0 Å². The van der Waals surface area contributed by atoms with Crippen LogP contribution in [0.5, 0.6) is 0 Å². The highest BCUT2D eigenvalue weighted by molar-refractivity contribution is 6.04. The van der Waals surface area contributed by atoms with Crippen LogP contribution < -0.4 is 102 Å². The van der Waals surface area contributed by atoms with Crippen molar-refractivity contribution in [2.45, 2.75) is 343 Å². The second-order valence-electron chi connectivity index (χ2n) is 36.7. The first kappa shape index (κ1) is 109. The van der Waals surface area contributed by atoms with Crippen molar-refractivity contribution in [1.82, 2.24) is 95.3 Å². The van der Waals surface area contributed by atoms with E-state index in [-0.39, 0.29) is 69.2 Å². The Morgan fingerprint density at radius 3 is 1.16 bits per heavy atom. The summed E-state index contributed by atoms with van der Waals surface area (Å²) >= 11 is 0. The number of likely N-dealkylation sites (tertiary alicyclic amines) is 1. The molecule has 1 saturated heterocycles. The molecule has 1 fully saturated rings.